The van der Waals surface area contributed by atoms with E-state index in [1.54, 1.807) is 0 Å². The van der Waals surface area contributed by atoms with Crippen molar-refractivity contribution in [3.8, 4) is 12.3 Å². The number of carbonyl (C=O) groups excluding carboxylic acids is 1. The molecular weight excluding hydrogens is 172 g/mol. The highest BCUT2D eigenvalue weighted by Crippen LogP contribution is 1.90. The monoisotopic (exact) mass is 188 g/mol. The van der Waals surface area contributed by atoms with Gasteiger partial charge in [-0.05, 0) is 19.8 Å². The van der Waals surface area contributed by atoms with Gasteiger partial charge in [-0.2, -0.15) is 0 Å². The van der Waals surface area contributed by atoms with E-state index in [9.17, 15) is 0 Å². The SMILES string of the molecule is C#CC(OCC)OCC.NC(N)=O. The zero-order chi connectivity index (χ0) is 10.7. The summed E-state index contributed by atoms with van der Waals surface area (Å²) in [6.07, 6.45) is 4.59. The number of hydrogen-bond acceptors (Lipinski definition) is 3. The van der Waals surface area contributed by atoms with E-state index in [1.807, 2.05) is 13.8 Å². The lowest BCUT2D eigenvalue weighted by atomic mass is 10.6. The Kier molecular flexibility index (Phi) is 11.8. The zero-order valence-electron chi connectivity index (χ0n) is 7.95. The molecule has 0 radical (unpaired) electrons. The molecule has 0 heterocycles. The predicted molar refractivity (Wildman–Crippen MR) is 49.6 cm³/mol. The summed E-state index contributed by atoms with van der Waals surface area (Å²) in [4.78, 5) is 9.00. The highest BCUT2D eigenvalue weighted by Gasteiger charge is 1.99. The van der Waals surface area contributed by atoms with Crippen molar-refractivity contribution < 1.29 is 14.3 Å². The molecule has 0 saturated carbocycles. The number of carbonyl (C=O) groups is 1. The van der Waals surface area contributed by atoms with Crippen molar-refractivity contribution in [1.29, 1.82) is 0 Å². The van der Waals surface area contributed by atoms with Gasteiger partial charge < -0.3 is 20.9 Å². The average molecular weight is 188 g/mol. The Labute approximate surface area is 78.4 Å². The molecule has 0 aliphatic rings. The molecule has 4 N–H and O–H groups in total. The molecule has 0 aliphatic carbocycles. The van der Waals surface area contributed by atoms with E-state index < -0.39 is 12.3 Å². The van der Waals surface area contributed by atoms with Crippen LogP contribution in [0.2, 0.25) is 0 Å². The molecule has 0 aliphatic heterocycles. The van der Waals surface area contributed by atoms with Crippen LogP contribution in [0.1, 0.15) is 13.8 Å². The normalized spacial score (nSPS) is 8.46. The van der Waals surface area contributed by atoms with Crippen LogP contribution in [-0.4, -0.2) is 25.5 Å². The van der Waals surface area contributed by atoms with Gasteiger partial charge in [-0.25, -0.2) is 4.79 Å². The summed E-state index contributed by atoms with van der Waals surface area (Å²) < 4.78 is 9.95. The number of ether oxygens (including phenoxy) is 2. The maximum Gasteiger partial charge on any atom is 0.309 e. The first-order chi connectivity index (χ1) is 6.08. The van der Waals surface area contributed by atoms with E-state index in [1.165, 1.54) is 0 Å². The van der Waals surface area contributed by atoms with Gasteiger partial charge in [0.1, 0.15) is 0 Å². The van der Waals surface area contributed by atoms with Gasteiger partial charge in [0.05, 0.1) is 0 Å². The second kappa shape index (κ2) is 10.8. The number of rotatable bonds is 4. The van der Waals surface area contributed by atoms with Crippen LogP contribution in [0.4, 0.5) is 4.79 Å². The number of urea groups is 1. The standard InChI is InChI=1S/C7H12O2.CH4N2O/c1-4-7(8-5-2)9-6-3;2-1(3)4/h1,7H,5-6H2,2-3H3;(H4,2,3,4). The summed E-state index contributed by atoms with van der Waals surface area (Å²) in [5, 5.41) is 0. The first-order valence-electron chi connectivity index (χ1n) is 3.82. The summed E-state index contributed by atoms with van der Waals surface area (Å²) in [7, 11) is 0. The summed E-state index contributed by atoms with van der Waals surface area (Å²) in [5.41, 5.74) is 8.50. The molecule has 5 nitrogen and oxygen atoms in total. The van der Waals surface area contributed by atoms with Crippen molar-refractivity contribution in [2.24, 2.45) is 11.5 Å². The van der Waals surface area contributed by atoms with E-state index in [0.29, 0.717) is 13.2 Å². The van der Waals surface area contributed by atoms with Crippen LogP contribution in [0.3, 0.4) is 0 Å². The second-order valence-corrected chi connectivity index (χ2v) is 1.81. The van der Waals surface area contributed by atoms with Crippen molar-refractivity contribution in [2.75, 3.05) is 13.2 Å². The van der Waals surface area contributed by atoms with E-state index in [2.05, 4.69) is 17.4 Å². The zero-order valence-corrected chi connectivity index (χ0v) is 7.95. The molecule has 0 spiro atoms. The first kappa shape index (κ1) is 14.3. The van der Waals surface area contributed by atoms with Crippen molar-refractivity contribution in [3.05, 3.63) is 0 Å². The van der Waals surface area contributed by atoms with E-state index in [4.69, 9.17) is 20.7 Å². The van der Waals surface area contributed by atoms with Gasteiger partial charge in [0.15, 0.2) is 0 Å². The van der Waals surface area contributed by atoms with Crippen molar-refractivity contribution >= 4 is 6.03 Å². The summed E-state index contributed by atoms with van der Waals surface area (Å²) >= 11 is 0. The number of primary amides is 2. The second-order valence-electron chi connectivity index (χ2n) is 1.81. The van der Waals surface area contributed by atoms with Gasteiger partial charge in [-0.15, -0.1) is 6.42 Å². The van der Waals surface area contributed by atoms with E-state index in [-0.39, 0.29) is 0 Å². The fourth-order valence-corrected chi connectivity index (χ4v) is 0.447. The molecule has 0 fully saturated rings. The van der Waals surface area contributed by atoms with Crippen LogP contribution in [0.5, 0.6) is 0 Å². The van der Waals surface area contributed by atoms with E-state index >= 15 is 0 Å². The van der Waals surface area contributed by atoms with Gasteiger partial charge in [0.2, 0.25) is 6.29 Å². The molecule has 0 aromatic heterocycles. The lowest BCUT2D eigenvalue weighted by Crippen LogP contribution is -2.18. The fraction of sp³-hybridized carbons (Fsp3) is 0.625. The molecule has 0 unspecified atom stereocenters. The largest absolute Gasteiger partial charge is 0.352 e. The van der Waals surface area contributed by atoms with Gasteiger partial charge >= 0.3 is 6.03 Å². The summed E-state index contributed by atoms with van der Waals surface area (Å²) in [6.45, 7) is 4.94. The van der Waals surface area contributed by atoms with Gasteiger partial charge in [-0.3, -0.25) is 0 Å². The molecule has 0 aromatic rings. The fourth-order valence-electron chi connectivity index (χ4n) is 0.447. The third kappa shape index (κ3) is 18.1. The number of nitrogens with two attached hydrogens (primary N) is 2. The molecule has 76 valence electrons. The Bertz CT molecular complexity index is 155. The molecule has 0 aromatic carbocycles. The first-order valence-corrected chi connectivity index (χ1v) is 3.82. The van der Waals surface area contributed by atoms with Crippen LogP contribution in [0.25, 0.3) is 0 Å². The molecular formula is C8H16N2O3. The molecule has 13 heavy (non-hydrogen) atoms. The van der Waals surface area contributed by atoms with E-state index in [0.717, 1.165) is 0 Å². The highest BCUT2D eigenvalue weighted by molar-refractivity contribution is 5.69. The molecule has 0 rings (SSSR count). The lowest BCUT2D eigenvalue weighted by molar-refractivity contribution is -0.0969. The summed E-state index contributed by atoms with van der Waals surface area (Å²) in [6, 6.07) is -0.833. The maximum absolute atomic E-state index is 9.00. The third-order valence-corrected chi connectivity index (χ3v) is 0.772. The Morgan fingerprint density at radius 2 is 1.69 bits per heavy atom. The van der Waals surface area contributed by atoms with Crippen molar-refractivity contribution in [1.82, 2.24) is 0 Å². The minimum absolute atomic E-state index is 0.458. The average Bonchev–Trinajstić information content (AvgIpc) is 2.03. The Hall–Kier alpha value is -1.25. The topological polar surface area (TPSA) is 87.6 Å². The van der Waals surface area contributed by atoms with Crippen LogP contribution in [0.15, 0.2) is 0 Å². The third-order valence-electron chi connectivity index (χ3n) is 0.772. The molecule has 2 amide bonds. The predicted octanol–water partition coefficient (Wildman–Crippen LogP) is 0.0425. The molecule has 5 heteroatoms. The number of hydrogen-bond donors (Lipinski definition) is 2. The smallest absolute Gasteiger partial charge is 0.309 e. The summed E-state index contributed by atoms with van der Waals surface area (Å²) in [5.74, 6) is 2.36. The van der Waals surface area contributed by atoms with Gasteiger partial charge in [0, 0.05) is 13.2 Å². The Balaban J connectivity index is 0. The molecule has 0 atom stereocenters. The van der Waals surface area contributed by atoms with Crippen LogP contribution in [0, 0.1) is 12.3 Å². The highest BCUT2D eigenvalue weighted by atomic mass is 16.7. The van der Waals surface area contributed by atoms with Crippen LogP contribution < -0.4 is 11.5 Å². The minimum Gasteiger partial charge on any atom is -0.352 e. The van der Waals surface area contributed by atoms with Crippen molar-refractivity contribution in [3.63, 3.8) is 0 Å². The maximum atomic E-state index is 9.00. The Morgan fingerprint density at radius 3 is 1.85 bits per heavy atom. The molecule has 0 bridgehead atoms. The van der Waals surface area contributed by atoms with Gasteiger partial charge in [0.25, 0.3) is 0 Å². The van der Waals surface area contributed by atoms with Gasteiger partial charge in [-0.1, -0.05) is 0 Å². The number of amides is 2. The quantitative estimate of drug-likeness (QED) is 0.482. The molecule has 0 saturated heterocycles. The lowest BCUT2D eigenvalue weighted by Gasteiger charge is -2.08. The van der Waals surface area contributed by atoms with Crippen LogP contribution in [-0.2, 0) is 9.47 Å². The number of terminal acetylenes is 1. The van der Waals surface area contributed by atoms with Crippen molar-refractivity contribution in [2.45, 2.75) is 20.1 Å². The van der Waals surface area contributed by atoms with Crippen LogP contribution >= 0.6 is 0 Å². The minimum atomic E-state index is -0.833. The Morgan fingerprint density at radius 1 is 1.38 bits per heavy atom.